The van der Waals surface area contributed by atoms with Crippen LogP contribution in [0.15, 0.2) is 60.7 Å². The summed E-state index contributed by atoms with van der Waals surface area (Å²) in [6.45, 7) is 0.402. The van der Waals surface area contributed by atoms with Crippen molar-refractivity contribution >= 4 is 11.9 Å². The van der Waals surface area contributed by atoms with E-state index in [1.54, 1.807) is 0 Å². The minimum absolute atomic E-state index is 0.213. The lowest BCUT2D eigenvalue weighted by molar-refractivity contribution is -0.146. The lowest BCUT2D eigenvalue weighted by atomic mass is 9.79. The monoisotopic (exact) mass is 365 g/mol. The van der Waals surface area contributed by atoms with Gasteiger partial charge in [0.1, 0.15) is 0 Å². The van der Waals surface area contributed by atoms with Crippen LogP contribution in [-0.4, -0.2) is 17.0 Å². The van der Waals surface area contributed by atoms with Crippen LogP contribution in [0.3, 0.4) is 0 Å². The van der Waals surface area contributed by atoms with E-state index in [9.17, 15) is 14.7 Å². The third kappa shape index (κ3) is 5.19. The molecule has 0 aliphatic heterocycles. The first-order chi connectivity index (χ1) is 13.1. The Balaban J connectivity index is 1.80. The molecule has 1 aliphatic rings. The second-order valence-corrected chi connectivity index (χ2v) is 7.42. The van der Waals surface area contributed by atoms with Gasteiger partial charge in [-0.1, -0.05) is 86.3 Å². The molecule has 1 aliphatic carbocycles. The predicted octanol–water partition coefficient (Wildman–Crippen LogP) is 4.37. The maximum Gasteiger partial charge on any atom is 0.307 e. The fourth-order valence-corrected chi connectivity index (χ4v) is 4.11. The first kappa shape index (κ1) is 19.2. The summed E-state index contributed by atoms with van der Waals surface area (Å²) in [4.78, 5) is 25.2. The maximum absolute atomic E-state index is 13.1. The van der Waals surface area contributed by atoms with Gasteiger partial charge in [0.05, 0.1) is 11.8 Å². The largest absolute Gasteiger partial charge is 0.481 e. The molecule has 0 aromatic heterocycles. The highest BCUT2D eigenvalue weighted by Crippen LogP contribution is 2.36. The Bertz CT molecular complexity index is 739. The molecule has 3 rings (SSSR count). The summed E-state index contributed by atoms with van der Waals surface area (Å²) in [6, 6.07) is 19.0. The lowest BCUT2D eigenvalue weighted by Gasteiger charge is -2.26. The van der Waals surface area contributed by atoms with Gasteiger partial charge in [-0.2, -0.15) is 0 Å². The highest BCUT2D eigenvalue weighted by Gasteiger charge is 2.37. The molecule has 142 valence electrons. The average molecular weight is 365 g/mol. The summed E-state index contributed by atoms with van der Waals surface area (Å²) in [5.74, 6) is -2.07. The van der Waals surface area contributed by atoms with Gasteiger partial charge in [0.25, 0.3) is 0 Å². The Hall–Kier alpha value is -2.62. The molecule has 2 aromatic rings. The van der Waals surface area contributed by atoms with Crippen molar-refractivity contribution in [1.82, 2.24) is 5.32 Å². The van der Waals surface area contributed by atoms with Crippen molar-refractivity contribution in [2.45, 2.75) is 44.6 Å². The third-order valence-corrected chi connectivity index (χ3v) is 5.53. The summed E-state index contributed by atoms with van der Waals surface area (Å²) < 4.78 is 0. The van der Waals surface area contributed by atoms with E-state index in [4.69, 9.17) is 0 Å². The van der Waals surface area contributed by atoms with Gasteiger partial charge in [0.2, 0.25) is 5.91 Å². The van der Waals surface area contributed by atoms with Gasteiger partial charge in [-0.3, -0.25) is 9.59 Å². The topological polar surface area (TPSA) is 66.4 Å². The van der Waals surface area contributed by atoms with Crippen molar-refractivity contribution in [3.05, 3.63) is 71.8 Å². The Morgan fingerprint density at radius 2 is 1.56 bits per heavy atom. The average Bonchev–Trinajstić information content (AvgIpc) is 3.21. The molecule has 0 saturated heterocycles. The molecule has 2 atom stereocenters. The van der Waals surface area contributed by atoms with E-state index in [1.807, 2.05) is 60.7 Å². The van der Waals surface area contributed by atoms with Crippen LogP contribution in [0, 0.1) is 11.8 Å². The number of hydrogen-bond donors (Lipinski definition) is 2. The van der Waals surface area contributed by atoms with E-state index in [2.05, 4.69) is 5.32 Å². The second-order valence-electron chi connectivity index (χ2n) is 7.42. The second kappa shape index (κ2) is 9.36. The Kier molecular flexibility index (Phi) is 6.64. The minimum Gasteiger partial charge on any atom is -0.481 e. The summed E-state index contributed by atoms with van der Waals surface area (Å²) in [6.07, 6.45) is 5.02. The zero-order valence-electron chi connectivity index (χ0n) is 15.5. The van der Waals surface area contributed by atoms with Crippen molar-refractivity contribution in [1.29, 1.82) is 0 Å². The molecule has 2 unspecified atom stereocenters. The predicted molar refractivity (Wildman–Crippen MR) is 105 cm³/mol. The molecule has 0 spiro atoms. The molecule has 2 aromatic carbocycles. The van der Waals surface area contributed by atoms with E-state index in [-0.39, 0.29) is 5.91 Å². The number of carbonyl (C=O) groups is 2. The summed E-state index contributed by atoms with van der Waals surface area (Å²) in [5, 5.41) is 12.9. The molecule has 2 N–H and O–H groups in total. The van der Waals surface area contributed by atoms with E-state index < -0.39 is 17.8 Å². The molecule has 1 amide bonds. The number of carbonyl (C=O) groups excluding carboxylic acids is 1. The molecule has 4 nitrogen and oxygen atoms in total. The molecule has 1 fully saturated rings. The minimum atomic E-state index is -0.884. The molecular formula is C23H27NO3. The van der Waals surface area contributed by atoms with E-state index in [0.717, 1.165) is 36.8 Å². The Morgan fingerprint density at radius 1 is 0.963 bits per heavy atom. The zero-order chi connectivity index (χ0) is 19.1. The first-order valence-corrected chi connectivity index (χ1v) is 9.74. The van der Waals surface area contributed by atoms with Crippen molar-refractivity contribution in [2.75, 3.05) is 0 Å². The molecule has 0 radical (unpaired) electrons. The third-order valence-electron chi connectivity index (χ3n) is 5.53. The van der Waals surface area contributed by atoms with Crippen molar-refractivity contribution in [2.24, 2.45) is 11.8 Å². The van der Waals surface area contributed by atoms with Crippen LogP contribution < -0.4 is 5.32 Å². The van der Waals surface area contributed by atoms with Gasteiger partial charge in [-0.15, -0.1) is 0 Å². The van der Waals surface area contributed by atoms with Crippen LogP contribution in [0.1, 0.15) is 49.1 Å². The van der Waals surface area contributed by atoms with Gasteiger partial charge in [0, 0.05) is 6.54 Å². The van der Waals surface area contributed by atoms with Gasteiger partial charge in [-0.05, 0) is 23.5 Å². The van der Waals surface area contributed by atoms with Crippen LogP contribution in [0.5, 0.6) is 0 Å². The molecule has 27 heavy (non-hydrogen) atoms. The number of carboxylic acid groups (broad SMARTS) is 1. The van der Waals surface area contributed by atoms with E-state index >= 15 is 0 Å². The van der Waals surface area contributed by atoms with E-state index in [1.165, 1.54) is 0 Å². The smallest absolute Gasteiger partial charge is 0.307 e. The maximum atomic E-state index is 13.1. The van der Waals surface area contributed by atoms with Crippen molar-refractivity contribution in [3.63, 3.8) is 0 Å². The standard InChI is InChI=1S/C23H27NO3/c25-22(24-16-18-11-3-1-4-12-18)21(19-13-5-2-6-14-19)20(23(26)27)15-17-9-7-8-10-17/h1-6,11-14,17,20-21H,7-10,15-16H2,(H,24,25)(H,26,27). The van der Waals surface area contributed by atoms with Crippen LogP contribution >= 0.6 is 0 Å². The van der Waals surface area contributed by atoms with Gasteiger partial charge >= 0.3 is 5.97 Å². The Labute approximate surface area is 160 Å². The van der Waals surface area contributed by atoms with Crippen LogP contribution in [0.2, 0.25) is 0 Å². The van der Waals surface area contributed by atoms with Crippen molar-refractivity contribution < 1.29 is 14.7 Å². The van der Waals surface area contributed by atoms with Gasteiger partial charge in [0.15, 0.2) is 0 Å². The molecule has 1 saturated carbocycles. The molecule has 4 heteroatoms. The van der Waals surface area contributed by atoms with Crippen LogP contribution in [-0.2, 0) is 16.1 Å². The highest BCUT2D eigenvalue weighted by molar-refractivity contribution is 5.89. The fraction of sp³-hybridized carbons (Fsp3) is 0.391. The zero-order valence-corrected chi connectivity index (χ0v) is 15.5. The van der Waals surface area contributed by atoms with Crippen LogP contribution in [0.25, 0.3) is 0 Å². The summed E-state index contributed by atoms with van der Waals surface area (Å²) in [7, 11) is 0. The normalized spacial score (nSPS) is 16.6. The first-order valence-electron chi connectivity index (χ1n) is 9.74. The van der Waals surface area contributed by atoms with Crippen molar-refractivity contribution in [3.8, 4) is 0 Å². The highest BCUT2D eigenvalue weighted by atomic mass is 16.4. The Morgan fingerprint density at radius 3 is 2.15 bits per heavy atom. The summed E-state index contributed by atoms with van der Waals surface area (Å²) in [5.41, 5.74) is 1.77. The lowest BCUT2D eigenvalue weighted by Crippen LogP contribution is -2.37. The van der Waals surface area contributed by atoms with E-state index in [0.29, 0.717) is 18.9 Å². The molecule has 0 bridgehead atoms. The van der Waals surface area contributed by atoms with Crippen LogP contribution in [0.4, 0.5) is 0 Å². The molecular weight excluding hydrogens is 338 g/mol. The number of rotatable bonds is 8. The summed E-state index contributed by atoms with van der Waals surface area (Å²) >= 11 is 0. The van der Waals surface area contributed by atoms with Gasteiger partial charge in [-0.25, -0.2) is 0 Å². The number of amides is 1. The number of aliphatic carboxylic acids is 1. The SMILES string of the molecule is O=C(O)C(CC1CCCC1)C(C(=O)NCc1ccccc1)c1ccccc1. The van der Waals surface area contributed by atoms with Gasteiger partial charge < -0.3 is 10.4 Å². The molecule has 0 heterocycles. The number of hydrogen-bond acceptors (Lipinski definition) is 2. The number of benzene rings is 2. The number of carboxylic acids is 1. The fourth-order valence-electron chi connectivity index (χ4n) is 4.11. The number of nitrogens with one attached hydrogen (secondary N) is 1. The quantitative estimate of drug-likeness (QED) is 0.730.